The van der Waals surface area contributed by atoms with Crippen molar-refractivity contribution in [1.29, 1.82) is 0 Å². The number of carboxylic acid groups (broad SMARTS) is 1. The normalized spacial score (nSPS) is 9.93. The summed E-state index contributed by atoms with van der Waals surface area (Å²) >= 11 is 14.4. The lowest BCUT2D eigenvalue weighted by Gasteiger charge is -1.99. The molecule has 0 heterocycles. The quantitative estimate of drug-likeness (QED) is 0.703. The average molecular weight is 258 g/mol. The minimum atomic E-state index is -2.17. The van der Waals surface area contributed by atoms with Crippen LogP contribution in [0.15, 0.2) is 30.3 Å². The summed E-state index contributed by atoms with van der Waals surface area (Å²) < 4.78 is -2.17. The second-order valence-electron chi connectivity index (χ2n) is 2.14. The molecule has 0 bridgehead atoms. The number of carboxylic acids is 1. The van der Waals surface area contributed by atoms with Gasteiger partial charge in [-0.1, -0.05) is 53.0 Å². The second kappa shape index (κ2) is 5.96. The molecular formula is C8H7Cl3O3. The van der Waals surface area contributed by atoms with E-state index < -0.39 is 9.76 Å². The zero-order chi connectivity index (χ0) is 11.2. The van der Waals surface area contributed by atoms with Gasteiger partial charge >= 0.3 is 5.97 Å². The summed E-state index contributed by atoms with van der Waals surface area (Å²) in [4.78, 5) is 9.62. The minimum absolute atomic E-state index is 0.322. The van der Waals surface area contributed by atoms with E-state index in [-0.39, 0.29) is 0 Å². The van der Waals surface area contributed by atoms with Gasteiger partial charge in [0.05, 0.1) is 0 Å². The van der Waals surface area contributed by atoms with Gasteiger partial charge in [-0.3, -0.25) is 0 Å². The number of phenols is 1. The molecule has 0 aromatic heterocycles. The number of rotatable bonds is 0. The third-order valence-corrected chi connectivity index (χ3v) is 1.48. The number of alkyl halides is 3. The van der Waals surface area contributed by atoms with Crippen LogP contribution in [0.2, 0.25) is 0 Å². The van der Waals surface area contributed by atoms with Crippen LogP contribution >= 0.6 is 34.8 Å². The van der Waals surface area contributed by atoms with Crippen LogP contribution in [0.25, 0.3) is 0 Å². The van der Waals surface area contributed by atoms with Crippen LogP contribution in [0.4, 0.5) is 0 Å². The molecular weight excluding hydrogens is 250 g/mol. The lowest BCUT2D eigenvalue weighted by Crippen LogP contribution is -2.16. The molecule has 3 nitrogen and oxygen atoms in total. The first-order valence-corrected chi connectivity index (χ1v) is 4.51. The lowest BCUT2D eigenvalue weighted by molar-refractivity contribution is -0.135. The van der Waals surface area contributed by atoms with Crippen molar-refractivity contribution in [2.24, 2.45) is 0 Å². The summed E-state index contributed by atoms with van der Waals surface area (Å²) in [6.07, 6.45) is 0. The molecule has 0 aliphatic carbocycles. The van der Waals surface area contributed by atoms with Crippen LogP contribution in [0.3, 0.4) is 0 Å². The van der Waals surface area contributed by atoms with Crippen LogP contribution < -0.4 is 0 Å². The number of hydrogen-bond donors (Lipinski definition) is 2. The van der Waals surface area contributed by atoms with Crippen LogP contribution in [0, 0.1) is 0 Å². The van der Waals surface area contributed by atoms with Gasteiger partial charge in [0.25, 0.3) is 3.79 Å². The van der Waals surface area contributed by atoms with Crippen molar-refractivity contribution in [3.8, 4) is 5.75 Å². The Morgan fingerprint density at radius 2 is 1.50 bits per heavy atom. The molecule has 78 valence electrons. The van der Waals surface area contributed by atoms with Crippen LogP contribution in [0.5, 0.6) is 5.75 Å². The molecule has 0 atom stereocenters. The molecule has 0 radical (unpaired) electrons. The van der Waals surface area contributed by atoms with Gasteiger partial charge in [0.2, 0.25) is 0 Å². The number of carbonyl (C=O) groups is 1. The maximum absolute atomic E-state index is 9.62. The molecule has 6 heteroatoms. The molecule has 1 aromatic rings. The van der Waals surface area contributed by atoms with Gasteiger partial charge in [0.15, 0.2) is 0 Å². The van der Waals surface area contributed by atoms with Gasteiger partial charge in [0, 0.05) is 0 Å². The van der Waals surface area contributed by atoms with E-state index in [1.807, 2.05) is 6.07 Å². The topological polar surface area (TPSA) is 57.5 Å². The van der Waals surface area contributed by atoms with Crippen LogP contribution in [0.1, 0.15) is 0 Å². The maximum atomic E-state index is 9.62. The zero-order valence-electron chi connectivity index (χ0n) is 6.82. The van der Waals surface area contributed by atoms with Crippen molar-refractivity contribution in [3.05, 3.63) is 30.3 Å². The highest BCUT2D eigenvalue weighted by molar-refractivity contribution is 6.75. The summed E-state index contributed by atoms with van der Waals surface area (Å²) in [7, 11) is 0. The minimum Gasteiger partial charge on any atom is -0.508 e. The molecule has 0 spiro atoms. The Kier molecular flexibility index (Phi) is 5.69. The van der Waals surface area contributed by atoms with E-state index in [0.29, 0.717) is 5.75 Å². The van der Waals surface area contributed by atoms with E-state index >= 15 is 0 Å². The zero-order valence-corrected chi connectivity index (χ0v) is 9.09. The number of halogens is 3. The summed E-state index contributed by atoms with van der Waals surface area (Å²) in [5, 5.41) is 16.5. The first kappa shape index (κ1) is 13.4. The first-order valence-electron chi connectivity index (χ1n) is 3.38. The smallest absolute Gasteiger partial charge is 0.356 e. The molecule has 0 saturated heterocycles. The Hall–Kier alpha value is -0.640. The molecule has 2 N–H and O–H groups in total. The highest BCUT2D eigenvalue weighted by atomic mass is 35.6. The Morgan fingerprint density at radius 3 is 1.64 bits per heavy atom. The standard InChI is InChI=1S/C6H6O.C2HCl3O2/c7-6-4-2-1-3-5-6;3-2(4,5)1(6)7/h1-5,7H;(H,6,7). The Labute approximate surface area is 95.8 Å². The van der Waals surface area contributed by atoms with Gasteiger partial charge in [0.1, 0.15) is 5.75 Å². The van der Waals surface area contributed by atoms with E-state index in [2.05, 4.69) is 0 Å². The van der Waals surface area contributed by atoms with E-state index in [4.69, 9.17) is 45.0 Å². The van der Waals surface area contributed by atoms with Gasteiger partial charge in [-0.2, -0.15) is 0 Å². The fourth-order valence-corrected chi connectivity index (χ4v) is 0.428. The first-order chi connectivity index (χ1) is 6.34. The Morgan fingerprint density at radius 1 is 1.14 bits per heavy atom. The molecule has 14 heavy (non-hydrogen) atoms. The fraction of sp³-hybridized carbons (Fsp3) is 0.125. The monoisotopic (exact) mass is 256 g/mol. The molecule has 0 aliphatic heterocycles. The number of aliphatic carboxylic acids is 1. The van der Waals surface area contributed by atoms with Crippen molar-refractivity contribution in [2.75, 3.05) is 0 Å². The summed E-state index contributed by atoms with van der Waals surface area (Å²) in [6, 6.07) is 8.71. The lowest BCUT2D eigenvalue weighted by atomic mass is 10.3. The van der Waals surface area contributed by atoms with Gasteiger partial charge < -0.3 is 10.2 Å². The number of benzene rings is 1. The van der Waals surface area contributed by atoms with Crippen molar-refractivity contribution in [3.63, 3.8) is 0 Å². The van der Waals surface area contributed by atoms with Crippen molar-refractivity contribution in [1.82, 2.24) is 0 Å². The number of phenolic OH excluding ortho intramolecular Hbond substituents is 1. The molecule has 0 aliphatic rings. The Balaban J connectivity index is 0.000000241. The highest BCUT2D eigenvalue weighted by Gasteiger charge is 2.29. The van der Waals surface area contributed by atoms with E-state index in [0.717, 1.165) is 0 Å². The predicted octanol–water partition coefficient (Wildman–Crippen LogP) is 2.83. The van der Waals surface area contributed by atoms with Gasteiger partial charge in [-0.25, -0.2) is 4.79 Å². The molecule has 0 amide bonds. The van der Waals surface area contributed by atoms with Crippen molar-refractivity contribution >= 4 is 40.8 Å². The van der Waals surface area contributed by atoms with E-state index in [1.165, 1.54) is 0 Å². The van der Waals surface area contributed by atoms with E-state index in [9.17, 15) is 4.79 Å². The number of para-hydroxylation sites is 1. The third kappa shape index (κ3) is 6.83. The molecule has 0 saturated carbocycles. The number of aromatic hydroxyl groups is 1. The largest absolute Gasteiger partial charge is 0.508 e. The molecule has 0 fully saturated rings. The summed E-state index contributed by atoms with van der Waals surface area (Å²) in [5.74, 6) is -1.14. The maximum Gasteiger partial charge on any atom is 0.356 e. The fourth-order valence-electron chi connectivity index (χ4n) is 0.428. The summed E-state index contributed by atoms with van der Waals surface area (Å²) in [6.45, 7) is 0. The van der Waals surface area contributed by atoms with E-state index in [1.54, 1.807) is 24.3 Å². The van der Waals surface area contributed by atoms with Crippen LogP contribution in [-0.4, -0.2) is 20.0 Å². The SMILES string of the molecule is O=C(O)C(Cl)(Cl)Cl.Oc1ccccc1. The van der Waals surface area contributed by atoms with Gasteiger partial charge in [-0.15, -0.1) is 0 Å². The Bertz CT molecular complexity index is 282. The highest BCUT2D eigenvalue weighted by Crippen LogP contribution is 2.25. The number of hydrogen-bond acceptors (Lipinski definition) is 2. The molecule has 1 rings (SSSR count). The average Bonchev–Trinajstić information content (AvgIpc) is 2.04. The second-order valence-corrected chi connectivity index (χ2v) is 4.42. The van der Waals surface area contributed by atoms with Crippen LogP contribution in [-0.2, 0) is 4.79 Å². The van der Waals surface area contributed by atoms with Crippen molar-refractivity contribution in [2.45, 2.75) is 3.79 Å². The summed E-state index contributed by atoms with van der Waals surface area (Å²) in [5.41, 5.74) is 0. The molecule has 0 unspecified atom stereocenters. The van der Waals surface area contributed by atoms with Gasteiger partial charge in [-0.05, 0) is 12.1 Å². The third-order valence-electron chi connectivity index (χ3n) is 0.999. The van der Waals surface area contributed by atoms with Crippen molar-refractivity contribution < 1.29 is 15.0 Å². The molecule has 1 aromatic carbocycles. The predicted molar refractivity (Wildman–Crippen MR) is 56.0 cm³/mol.